The van der Waals surface area contributed by atoms with E-state index in [4.69, 9.17) is 10.5 Å². The van der Waals surface area contributed by atoms with Crippen LogP contribution in [0, 0.1) is 0 Å². The zero-order chi connectivity index (χ0) is 16.9. The quantitative estimate of drug-likeness (QED) is 0.823. The molecule has 1 aliphatic heterocycles. The van der Waals surface area contributed by atoms with Gasteiger partial charge in [0.25, 0.3) is 0 Å². The van der Waals surface area contributed by atoms with Gasteiger partial charge in [-0.25, -0.2) is 4.98 Å². The Bertz CT molecular complexity index is 771. The van der Waals surface area contributed by atoms with Gasteiger partial charge in [-0.05, 0) is 24.8 Å². The van der Waals surface area contributed by atoms with E-state index in [2.05, 4.69) is 33.2 Å². The average molecular weight is 325 g/mol. The Morgan fingerprint density at radius 2 is 2.12 bits per heavy atom. The van der Waals surface area contributed by atoms with Crippen molar-refractivity contribution in [1.82, 2.24) is 14.9 Å². The van der Waals surface area contributed by atoms with E-state index in [1.165, 1.54) is 5.70 Å². The molecule has 1 aromatic heterocycles. The largest absolute Gasteiger partial charge is 0.383 e. The van der Waals surface area contributed by atoms with Crippen molar-refractivity contribution in [2.24, 2.45) is 0 Å². The Kier molecular flexibility index (Phi) is 4.96. The van der Waals surface area contributed by atoms with Crippen LogP contribution < -0.4 is 10.6 Å². The number of fused-ring (bicyclic) bond motifs is 1. The molecule has 0 spiro atoms. The van der Waals surface area contributed by atoms with E-state index in [0.717, 1.165) is 17.3 Å². The highest BCUT2D eigenvalue weighted by atomic mass is 16.5. The summed E-state index contributed by atoms with van der Waals surface area (Å²) in [6, 6.07) is 7.76. The van der Waals surface area contributed by atoms with Crippen molar-refractivity contribution in [3.8, 4) is 0 Å². The van der Waals surface area contributed by atoms with Crippen LogP contribution in [0.3, 0.4) is 0 Å². The first kappa shape index (κ1) is 16.3. The number of ether oxygens (including phenoxy) is 1. The molecule has 0 saturated heterocycles. The minimum absolute atomic E-state index is 0.504. The molecule has 2 heterocycles. The molecule has 1 aliphatic rings. The summed E-state index contributed by atoms with van der Waals surface area (Å²) in [5, 5.41) is 0.881. The number of benzene rings is 1. The molecule has 2 aromatic rings. The van der Waals surface area contributed by atoms with Crippen LogP contribution in [0.4, 0.5) is 11.8 Å². The van der Waals surface area contributed by atoms with Crippen molar-refractivity contribution in [2.75, 3.05) is 44.5 Å². The lowest BCUT2D eigenvalue weighted by atomic mass is 10.2. The number of anilines is 2. The predicted molar refractivity (Wildman–Crippen MR) is 97.6 cm³/mol. The van der Waals surface area contributed by atoms with E-state index >= 15 is 0 Å². The Labute approximate surface area is 142 Å². The first-order valence-corrected chi connectivity index (χ1v) is 8.05. The van der Waals surface area contributed by atoms with E-state index < -0.39 is 0 Å². The molecule has 0 bridgehead atoms. The van der Waals surface area contributed by atoms with Gasteiger partial charge in [-0.2, -0.15) is 4.98 Å². The molecule has 0 saturated carbocycles. The fraction of sp³-hybridized carbons (Fsp3) is 0.333. The van der Waals surface area contributed by atoms with Crippen LogP contribution in [0.15, 0.2) is 48.3 Å². The van der Waals surface area contributed by atoms with Crippen LogP contribution in [0.5, 0.6) is 0 Å². The summed E-state index contributed by atoms with van der Waals surface area (Å²) in [6.07, 6.45) is 7.33. The number of nitrogen functional groups attached to an aromatic ring is 1. The second-order valence-electron chi connectivity index (χ2n) is 5.83. The van der Waals surface area contributed by atoms with Crippen LogP contribution >= 0.6 is 0 Å². The molecular formula is C18H23N5O. The monoisotopic (exact) mass is 325 g/mol. The van der Waals surface area contributed by atoms with Gasteiger partial charge in [-0.1, -0.05) is 24.3 Å². The Balaban J connectivity index is 1.55. The maximum Gasteiger partial charge on any atom is 0.227 e. The first-order chi connectivity index (χ1) is 11.6. The minimum Gasteiger partial charge on any atom is -0.383 e. The maximum atomic E-state index is 6.03. The number of hydrogen-bond acceptors (Lipinski definition) is 6. The molecule has 24 heavy (non-hydrogen) atoms. The van der Waals surface area contributed by atoms with Gasteiger partial charge in [0.2, 0.25) is 5.95 Å². The fourth-order valence-corrected chi connectivity index (χ4v) is 2.56. The number of nitrogens with two attached hydrogens (primary N) is 1. The van der Waals surface area contributed by atoms with Gasteiger partial charge in [0, 0.05) is 31.7 Å². The number of likely N-dealkylation sites (N-methyl/N-ethyl adjacent to an activating group) is 2. The third-order valence-electron chi connectivity index (χ3n) is 4.05. The number of para-hydroxylation sites is 1. The lowest BCUT2D eigenvalue weighted by Gasteiger charge is -2.22. The normalized spacial score (nSPS) is 14.1. The Morgan fingerprint density at radius 1 is 1.29 bits per heavy atom. The van der Waals surface area contributed by atoms with Crippen LogP contribution in [0.2, 0.25) is 0 Å². The van der Waals surface area contributed by atoms with Crippen LogP contribution in [-0.2, 0) is 4.74 Å². The molecule has 0 fully saturated rings. The van der Waals surface area contributed by atoms with Crippen molar-refractivity contribution in [1.29, 1.82) is 0 Å². The highest BCUT2D eigenvalue weighted by Gasteiger charge is 2.10. The van der Waals surface area contributed by atoms with Gasteiger partial charge in [0.05, 0.1) is 18.7 Å². The number of rotatable bonds is 6. The molecule has 0 amide bonds. The number of allylic oxidation sites excluding steroid dienone is 2. The van der Waals surface area contributed by atoms with E-state index in [9.17, 15) is 0 Å². The fourth-order valence-electron chi connectivity index (χ4n) is 2.56. The predicted octanol–water partition coefficient (Wildman–Crippen LogP) is 2.40. The standard InChI is InChI=1S/C18H23N5O/c1-22-10-6-5-7-14(22)13-24-12-11-23(2)18-20-16-9-4-3-8-15(16)17(19)21-18/h3-4,6-10H,5,11-13H2,1-2H3,(H2,19,20,21). The Morgan fingerprint density at radius 3 is 2.96 bits per heavy atom. The molecule has 0 radical (unpaired) electrons. The SMILES string of the molecule is CN1C=CCC=C1COCCN(C)c1nc(N)c2ccccc2n1. The van der Waals surface area contributed by atoms with Crippen LogP contribution in [0.1, 0.15) is 6.42 Å². The van der Waals surface area contributed by atoms with Gasteiger partial charge < -0.3 is 20.3 Å². The summed E-state index contributed by atoms with van der Waals surface area (Å²) in [4.78, 5) is 13.0. The molecule has 3 rings (SSSR count). The van der Waals surface area contributed by atoms with Crippen molar-refractivity contribution in [3.63, 3.8) is 0 Å². The molecule has 0 atom stereocenters. The number of nitrogens with zero attached hydrogens (tertiary/aromatic N) is 4. The number of hydrogen-bond donors (Lipinski definition) is 1. The lowest BCUT2D eigenvalue weighted by molar-refractivity contribution is 0.149. The minimum atomic E-state index is 0.504. The first-order valence-electron chi connectivity index (χ1n) is 8.05. The van der Waals surface area contributed by atoms with Gasteiger partial charge in [-0.15, -0.1) is 0 Å². The van der Waals surface area contributed by atoms with Gasteiger partial charge >= 0.3 is 0 Å². The Hall–Kier alpha value is -2.60. The molecule has 6 heteroatoms. The average Bonchev–Trinajstić information content (AvgIpc) is 2.60. The number of aromatic nitrogens is 2. The second-order valence-corrected chi connectivity index (χ2v) is 5.83. The van der Waals surface area contributed by atoms with E-state index in [1.54, 1.807) is 0 Å². The van der Waals surface area contributed by atoms with E-state index in [-0.39, 0.29) is 0 Å². The maximum absolute atomic E-state index is 6.03. The van der Waals surface area contributed by atoms with Crippen molar-refractivity contribution >= 4 is 22.7 Å². The van der Waals surface area contributed by atoms with Crippen LogP contribution in [-0.4, -0.2) is 48.7 Å². The molecular weight excluding hydrogens is 302 g/mol. The molecule has 0 unspecified atom stereocenters. The summed E-state index contributed by atoms with van der Waals surface area (Å²) >= 11 is 0. The summed E-state index contributed by atoms with van der Waals surface area (Å²) in [7, 11) is 3.98. The summed E-state index contributed by atoms with van der Waals surface area (Å²) in [5.74, 6) is 1.12. The van der Waals surface area contributed by atoms with E-state index in [0.29, 0.717) is 31.5 Å². The molecule has 2 N–H and O–H groups in total. The summed E-state index contributed by atoms with van der Waals surface area (Å²) in [6.45, 7) is 1.90. The van der Waals surface area contributed by atoms with Crippen molar-refractivity contribution < 1.29 is 4.74 Å². The molecule has 126 valence electrons. The van der Waals surface area contributed by atoms with E-state index in [1.807, 2.05) is 43.3 Å². The summed E-state index contributed by atoms with van der Waals surface area (Å²) < 4.78 is 5.78. The van der Waals surface area contributed by atoms with Crippen LogP contribution in [0.25, 0.3) is 10.9 Å². The van der Waals surface area contributed by atoms with Gasteiger partial charge in [0.15, 0.2) is 0 Å². The third kappa shape index (κ3) is 3.65. The highest BCUT2D eigenvalue weighted by Crippen LogP contribution is 2.20. The molecule has 6 nitrogen and oxygen atoms in total. The molecule has 1 aromatic carbocycles. The third-order valence-corrected chi connectivity index (χ3v) is 4.05. The molecule has 0 aliphatic carbocycles. The zero-order valence-corrected chi connectivity index (χ0v) is 14.1. The topological polar surface area (TPSA) is 67.5 Å². The summed E-state index contributed by atoms with van der Waals surface area (Å²) in [5.41, 5.74) is 8.08. The van der Waals surface area contributed by atoms with Gasteiger partial charge in [0.1, 0.15) is 5.82 Å². The highest BCUT2D eigenvalue weighted by molar-refractivity contribution is 5.88. The van der Waals surface area contributed by atoms with Gasteiger partial charge in [-0.3, -0.25) is 0 Å². The van der Waals surface area contributed by atoms with Crippen molar-refractivity contribution in [3.05, 3.63) is 48.3 Å². The van der Waals surface area contributed by atoms with Crippen molar-refractivity contribution in [2.45, 2.75) is 6.42 Å². The smallest absolute Gasteiger partial charge is 0.227 e. The second kappa shape index (κ2) is 7.31. The zero-order valence-electron chi connectivity index (χ0n) is 14.1. The lowest BCUT2D eigenvalue weighted by Crippen LogP contribution is -2.26.